The molecule has 2 atom stereocenters. The fraction of sp³-hybridized carbons (Fsp3) is 0.450. The third-order valence-corrected chi connectivity index (χ3v) is 6.90. The van der Waals surface area contributed by atoms with Crippen molar-refractivity contribution in [2.24, 2.45) is 0 Å². The number of benzene rings is 1. The number of nitrogens with zero attached hydrogens (tertiary/aromatic N) is 2. The summed E-state index contributed by atoms with van der Waals surface area (Å²) in [4.78, 5) is 21.7. The van der Waals surface area contributed by atoms with Gasteiger partial charge in [-0.3, -0.25) is 4.79 Å². The summed E-state index contributed by atoms with van der Waals surface area (Å²) >= 11 is 3.35. The quantitative estimate of drug-likeness (QED) is 0.570. The number of rotatable bonds is 5. The van der Waals surface area contributed by atoms with E-state index in [2.05, 4.69) is 35.2 Å². The molecule has 0 saturated carbocycles. The van der Waals surface area contributed by atoms with E-state index in [-0.39, 0.29) is 5.91 Å². The molecule has 138 valence electrons. The molecular weight excluding hydrogens is 362 g/mol. The average Bonchev–Trinajstić information content (AvgIpc) is 2.90. The molecule has 6 heteroatoms. The van der Waals surface area contributed by atoms with Crippen LogP contribution in [0.4, 0.5) is 5.69 Å². The zero-order valence-electron chi connectivity index (χ0n) is 15.9. The van der Waals surface area contributed by atoms with Crippen molar-refractivity contribution in [3.05, 3.63) is 40.7 Å². The Morgan fingerprint density at radius 3 is 2.77 bits per heavy atom. The molecular formula is C20H25N3OS2. The Kier molecular flexibility index (Phi) is 5.92. The third kappa shape index (κ3) is 4.07. The Hall–Kier alpha value is -1.53. The third-order valence-electron chi connectivity index (χ3n) is 4.67. The summed E-state index contributed by atoms with van der Waals surface area (Å²) in [5, 5.41) is 5.59. The van der Waals surface area contributed by atoms with Crippen LogP contribution in [0, 0.1) is 20.8 Å². The minimum Gasteiger partial charge on any atom is -0.325 e. The fourth-order valence-electron chi connectivity index (χ4n) is 3.27. The number of aryl methyl sites for hydroxylation is 3. The number of aromatic nitrogens is 2. The van der Waals surface area contributed by atoms with Gasteiger partial charge in [0.1, 0.15) is 15.9 Å². The van der Waals surface area contributed by atoms with Crippen molar-refractivity contribution in [1.29, 1.82) is 0 Å². The van der Waals surface area contributed by atoms with Crippen molar-refractivity contribution in [3.8, 4) is 0 Å². The first-order valence-corrected chi connectivity index (χ1v) is 10.8. The number of hydrogen-bond acceptors (Lipinski definition) is 5. The molecule has 0 saturated heterocycles. The largest absolute Gasteiger partial charge is 0.325 e. The first-order valence-electron chi connectivity index (χ1n) is 8.94. The van der Waals surface area contributed by atoms with Crippen LogP contribution in [0.25, 0.3) is 0 Å². The van der Waals surface area contributed by atoms with E-state index in [0.717, 1.165) is 39.1 Å². The zero-order chi connectivity index (χ0) is 18.8. The fourth-order valence-corrected chi connectivity index (χ4v) is 5.68. The highest BCUT2D eigenvalue weighted by Gasteiger charge is 2.33. The van der Waals surface area contributed by atoms with Gasteiger partial charge in [0.2, 0.25) is 5.91 Å². The van der Waals surface area contributed by atoms with Crippen LogP contribution in [-0.2, 0) is 4.79 Å². The first-order chi connectivity index (χ1) is 12.4. The highest BCUT2D eigenvalue weighted by Crippen LogP contribution is 2.48. The molecule has 2 heterocycles. The number of nitrogens with one attached hydrogen (secondary N) is 1. The minimum atomic E-state index is 0.000428. The van der Waals surface area contributed by atoms with Crippen LogP contribution in [0.5, 0.6) is 0 Å². The summed E-state index contributed by atoms with van der Waals surface area (Å²) in [5.41, 5.74) is 4.33. The van der Waals surface area contributed by atoms with E-state index in [1.165, 1.54) is 17.3 Å². The van der Waals surface area contributed by atoms with Crippen LogP contribution in [0.15, 0.2) is 28.3 Å². The predicted octanol–water partition coefficient (Wildman–Crippen LogP) is 5.12. The van der Waals surface area contributed by atoms with Gasteiger partial charge in [-0.25, -0.2) is 9.97 Å². The average molecular weight is 388 g/mol. The topological polar surface area (TPSA) is 54.9 Å². The molecule has 1 aromatic carbocycles. The molecule has 1 amide bonds. The molecule has 0 radical (unpaired) electrons. The molecule has 0 unspecified atom stereocenters. The molecule has 0 aliphatic carbocycles. The summed E-state index contributed by atoms with van der Waals surface area (Å²) in [5.74, 6) is 1.59. The van der Waals surface area contributed by atoms with Crippen LogP contribution in [-0.4, -0.2) is 26.9 Å². The van der Waals surface area contributed by atoms with Gasteiger partial charge in [-0.1, -0.05) is 37.7 Å². The van der Waals surface area contributed by atoms with Gasteiger partial charge in [0, 0.05) is 22.4 Å². The van der Waals surface area contributed by atoms with Gasteiger partial charge in [0.25, 0.3) is 0 Å². The van der Waals surface area contributed by atoms with Gasteiger partial charge >= 0.3 is 0 Å². The number of thioether (sulfide) groups is 2. The van der Waals surface area contributed by atoms with Gasteiger partial charge in [-0.15, -0.1) is 11.8 Å². The predicted molar refractivity (Wildman–Crippen MR) is 110 cm³/mol. The molecule has 3 rings (SSSR count). The van der Waals surface area contributed by atoms with Crippen molar-refractivity contribution < 1.29 is 4.79 Å². The Morgan fingerprint density at radius 1 is 1.27 bits per heavy atom. The van der Waals surface area contributed by atoms with Crippen molar-refractivity contribution in [2.75, 3.05) is 11.1 Å². The van der Waals surface area contributed by atoms with Gasteiger partial charge < -0.3 is 5.32 Å². The summed E-state index contributed by atoms with van der Waals surface area (Å²) < 4.78 is 0. The maximum atomic E-state index is 12.5. The molecule has 4 nitrogen and oxygen atoms in total. The highest BCUT2D eigenvalue weighted by atomic mass is 32.2. The Bertz CT molecular complexity index is 838. The Morgan fingerprint density at radius 2 is 2.04 bits per heavy atom. The molecule has 1 aliphatic rings. The van der Waals surface area contributed by atoms with Crippen LogP contribution >= 0.6 is 23.5 Å². The van der Waals surface area contributed by atoms with Crippen molar-refractivity contribution in [1.82, 2.24) is 9.97 Å². The normalized spacial score (nSPS) is 18.7. The van der Waals surface area contributed by atoms with Crippen LogP contribution in [0.1, 0.15) is 48.7 Å². The van der Waals surface area contributed by atoms with E-state index >= 15 is 0 Å². The van der Waals surface area contributed by atoms with Gasteiger partial charge in [0.15, 0.2) is 0 Å². The van der Waals surface area contributed by atoms with Crippen molar-refractivity contribution in [3.63, 3.8) is 0 Å². The number of hydrogen-bond donors (Lipinski definition) is 1. The second-order valence-corrected chi connectivity index (χ2v) is 9.12. The van der Waals surface area contributed by atoms with E-state index < -0.39 is 0 Å². The Labute approximate surface area is 164 Å². The van der Waals surface area contributed by atoms with E-state index in [0.29, 0.717) is 16.9 Å². The zero-order valence-corrected chi connectivity index (χ0v) is 17.6. The number of anilines is 1. The van der Waals surface area contributed by atoms with E-state index in [1.807, 2.05) is 44.7 Å². The lowest BCUT2D eigenvalue weighted by molar-refractivity contribution is -0.113. The number of carbonyl (C=O) groups excluding carboxylic acids is 1. The maximum absolute atomic E-state index is 12.5. The monoisotopic (exact) mass is 387 g/mol. The summed E-state index contributed by atoms with van der Waals surface area (Å²) in [6, 6.07) is 6.09. The number of carbonyl (C=O) groups is 1. The van der Waals surface area contributed by atoms with E-state index in [4.69, 9.17) is 0 Å². The van der Waals surface area contributed by atoms with Gasteiger partial charge in [-0.05, 0) is 44.4 Å². The summed E-state index contributed by atoms with van der Waals surface area (Å²) in [6.07, 6.45) is 1.07. The summed E-state index contributed by atoms with van der Waals surface area (Å²) in [7, 11) is 0. The SMILES string of the molecule is CC[C@H]1c2c(SCC(=O)Nc3cc(C)ccc3C)nc(C)nc2S[C@H]1C. The number of fused-ring (bicyclic) bond motifs is 1. The lowest BCUT2D eigenvalue weighted by Gasteiger charge is -2.15. The van der Waals surface area contributed by atoms with Gasteiger partial charge in [0.05, 0.1) is 5.75 Å². The van der Waals surface area contributed by atoms with E-state index in [9.17, 15) is 4.79 Å². The smallest absolute Gasteiger partial charge is 0.234 e. The molecule has 2 aromatic rings. The molecule has 0 spiro atoms. The number of amides is 1. The molecule has 1 aromatic heterocycles. The highest BCUT2D eigenvalue weighted by molar-refractivity contribution is 8.01. The maximum Gasteiger partial charge on any atom is 0.234 e. The first kappa shape index (κ1) is 19.2. The van der Waals surface area contributed by atoms with Crippen LogP contribution < -0.4 is 5.32 Å². The lowest BCUT2D eigenvalue weighted by atomic mass is 9.96. The Balaban J connectivity index is 1.74. The molecule has 26 heavy (non-hydrogen) atoms. The minimum absolute atomic E-state index is 0.000428. The van der Waals surface area contributed by atoms with Crippen LogP contribution in [0.3, 0.4) is 0 Å². The molecule has 1 N–H and O–H groups in total. The standard InChI is InChI=1S/C20H25N3OS2/c1-6-15-13(4)26-20-18(15)19(21-14(5)22-20)25-10-17(24)23-16-9-11(2)7-8-12(16)3/h7-9,13,15H,6,10H2,1-5H3,(H,23,24)/t13-,15+/m0/s1. The van der Waals surface area contributed by atoms with Gasteiger partial charge in [-0.2, -0.15) is 0 Å². The van der Waals surface area contributed by atoms with E-state index in [1.54, 1.807) is 0 Å². The van der Waals surface area contributed by atoms with Crippen LogP contribution in [0.2, 0.25) is 0 Å². The molecule has 0 bridgehead atoms. The molecule has 0 fully saturated rings. The summed E-state index contributed by atoms with van der Waals surface area (Å²) in [6.45, 7) is 10.4. The van der Waals surface area contributed by atoms with Crippen molar-refractivity contribution in [2.45, 2.75) is 62.3 Å². The second-order valence-electron chi connectivity index (χ2n) is 6.79. The molecule has 1 aliphatic heterocycles. The van der Waals surface area contributed by atoms with Crippen molar-refractivity contribution >= 4 is 35.1 Å². The lowest BCUT2D eigenvalue weighted by Crippen LogP contribution is -2.16. The second kappa shape index (κ2) is 8.01.